The summed E-state index contributed by atoms with van der Waals surface area (Å²) in [5.74, 6) is 1.37. The summed E-state index contributed by atoms with van der Waals surface area (Å²) in [5.41, 5.74) is 7.96. The van der Waals surface area contributed by atoms with E-state index in [0.717, 1.165) is 16.9 Å². The molecule has 0 aliphatic rings. The molecule has 0 saturated carbocycles. The molecule has 3 N–H and O–H groups in total. The number of aryl methyl sites for hydroxylation is 1. The molecule has 1 rings (SSSR count). The standard InChI is InChI=1S/C13H21N3O/c1-9(2)16-13(14)15-8-11-5-6-12(17-4)10(3)7-11/h5-7,9H,8H2,1-4H3,(H3,14,15,16). The normalized spacial score (nSPS) is 11.7. The summed E-state index contributed by atoms with van der Waals surface area (Å²) in [6.45, 7) is 6.65. The molecule has 0 bridgehead atoms. The van der Waals surface area contributed by atoms with Crippen molar-refractivity contribution in [1.82, 2.24) is 5.32 Å². The monoisotopic (exact) mass is 235 g/mol. The fourth-order valence-electron chi connectivity index (χ4n) is 1.56. The first-order chi connectivity index (χ1) is 8.02. The van der Waals surface area contributed by atoms with Crippen molar-refractivity contribution in [1.29, 1.82) is 0 Å². The van der Waals surface area contributed by atoms with Gasteiger partial charge in [-0.3, -0.25) is 0 Å². The van der Waals surface area contributed by atoms with Crippen molar-refractivity contribution in [3.8, 4) is 5.75 Å². The summed E-state index contributed by atoms with van der Waals surface area (Å²) in [7, 11) is 1.67. The average Bonchev–Trinajstić information content (AvgIpc) is 2.25. The lowest BCUT2D eigenvalue weighted by molar-refractivity contribution is 0.411. The fraction of sp³-hybridized carbons (Fsp3) is 0.462. The minimum absolute atomic E-state index is 0.302. The Kier molecular flexibility index (Phi) is 4.82. The minimum atomic E-state index is 0.302. The molecule has 0 spiro atoms. The van der Waals surface area contributed by atoms with Gasteiger partial charge in [0.25, 0.3) is 0 Å². The van der Waals surface area contributed by atoms with Crippen molar-refractivity contribution < 1.29 is 4.74 Å². The van der Waals surface area contributed by atoms with E-state index < -0.39 is 0 Å². The number of rotatable bonds is 4. The van der Waals surface area contributed by atoms with Crippen molar-refractivity contribution in [3.63, 3.8) is 0 Å². The zero-order valence-electron chi connectivity index (χ0n) is 10.9. The molecule has 0 aliphatic carbocycles. The zero-order valence-corrected chi connectivity index (χ0v) is 10.9. The second-order valence-electron chi connectivity index (χ2n) is 4.30. The Balaban J connectivity index is 2.66. The van der Waals surface area contributed by atoms with Gasteiger partial charge < -0.3 is 15.8 Å². The maximum atomic E-state index is 5.73. The number of methoxy groups -OCH3 is 1. The number of nitrogens with one attached hydrogen (secondary N) is 1. The van der Waals surface area contributed by atoms with Gasteiger partial charge in [0.05, 0.1) is 13.7 Å². The molecule has 0 saturated heterocycles. The number of benzene rings is 1. The van der Waals surface area contributed by atoms with Gasteiger partial charge >= 0.3 is 0 Å². The number of nitrogens with zero attached hydrogens (tertiary/aromatic N) is 1. The number of guanidine groups is 1. The summed E-state index contributed by atoms with van der Waals surface area (Å²) in [5, 5.41) is 3.05. The molecular formula is C13H21N3O. The molecule has 4 heteroatoms. The van der Waals surface area contributed by atoms with E-state index in [9.17, 15) is 0 Å². The lowest BCUT2D eigenvalue weighted by atomic mass is 10.1. The topological polar surface area (TPSA) is 59.6 Å². The van der Waals surface area contributed by atoms with Crippen molar-refractivity contribution in [2.75, 3.05) is 7.11 Å². The highest BCUT2D eigenvalue weighted by atomic mass is 16.5. The van der Waals surface area contributed by atoms with E-state index in [-0.39, 0.29) is 0 Å². The molecule has 0 radical (unpaired) electrons. The molecule has 0 aromatic heterocycles. The lowest BCUT2D eigenvalue weighted by Crippen LogP contribution is -2.36. The third-order valence-corrected chi connectivity index (χ3v) is 2.33. The highest BCUT2D eigenvalue weighted by Gasteiger charge is 2.00. The number of nitrogens with two attached hydrogens (primary N) is 1. The largest absolute Gasteiger partial charge is 0.496 e. The van der Waals surface area contributed by atoms with E-state index in [1.807, 2.05) is 32.9 Å². The maximum Gasteiger partial charge on any atom is 0.189 e. The third-order valence-electron chi connectivity index (χ3n) is 2.33. The molecule has 0 heterocycles. The number of ether oxygens (including phenoxy) is 1. The van der Waals surface area contributed by atoms with Crippen LogP contribution < -0.4 is 15.8 Å². The van der Waals surface area contributed by atoms with E-state index in [2.05, 4.69) is 16.4 Å². The van der Waals surface area contributed by atoms with Crippen LogP contribution >= 0.6 is 0 Å². The van der Waals surface area contributed by atoms with Crippen LogP contribution in [0.5, 0.6) is 5.75 Å². The molecule has 0 atom stereocenters. The first-order valence-corrected chi connectivity index (χ1v) is 5.73. The van der Waals surface area contributed by atoms with E-state index in [1.165, 1.54) is 0 Å². The molecule has 0 fully saturated rings. The van der Waals surface area contributed by atoms with Crippen molar-refractivity contribution >= 4 is 5.96 Å². The lowest BCUT2D eigenvalue weighted by Gasteiger charge is -2.09. The molecule has 1 aromatic rings. The quantitative estimate of drug-likeness (QED) is 0.618. The van der Waals surface area contributed by atoms with Crippen LogP contribution in [0.2, 0.25) is 0 Å². The minimum Gasteiger partial charge on any atom is -0.496 e. The number of hydrogen-bond donors (Lipinski definition) is 2. The predicted molar refractivity (Wildman–Crippen MR) is 71.3 cm³/mol. The highest BCUT2D eigenvalue weighted by molar-refractivity contribution is 5.78. The molecule has 0 aliphatic heterocycles. The van der Waals surface area contributed by atoms with Crippen LogP contribution in [-0.2, 0) is 6.54 Å². The van der Waals surface area contributed by atoms with Gasteiger partial charge in [-0.25, -0.2) is 4.99 Å². The Morgan fingerprint density at radius 2 is 2.18 bits per heavy atom. The summed E-state index contributed by atoms with van der Waals surface area (Å²) in [6, 6.07) is 6.31. The smallest absolute Gasteiger partial charge is 0.189 e. The van der Waals surface area contributed by atoms with Gasteiger partial charge in [-0.1, -0.05) is 12.1 Å². The van der Waals surface area contributed by atoms with Crippen molar-refractivity contribution in [2.45, 2.75) is 33.4 Å². The molecule has 94 valence electrons. The molecule has 1 aromatic carbocycles. The number of hydrogen-bond acceptors (Lipinski definition) is 2. The predicted octanol–water partition coefficient (Wildman–Crippen LogP) is 1.82. The van der Waals surface area contributed by atoms with Gasteiger partial charge in [0.2, 0.25) is 0 Å². The molecule has 0 unspecified atom stereocenters. The summed E-state index contributed by atoms with van der Waals surface area (Å²) < 4.78 is 5.21. The van der Waals surface area contributed by atoms with Gasteiger partial charge in [-0.15, -0.1) is 0 Å². The van der Waals surface area contributed by atoms with Crippen LogP contribution in [0.15, 0.2) is 23.2 Å². The summed E-state index contributed by atoms with van der Waals surface area (Å²) in [4.78, 5) is 4.27. The number of aliphatic imine (C=N–C) groups is 1. The van der Waals surface area contributed by atoms with Crippen LogP contribution in [-0.4, -0.2) is 19.1 Å². The Labute approximate surface area is 103 Å². The van der Waals surface area contributed by atoms with Gasteiger partial charge in [0.15, 0.2) is 5.96 Å². The molecule has 4 nitrogen and oxygen atoms in total. The second kappa shape index (κ2) is 6.13. The Bertz CT molecular complexity index is 400. The Morgan fingerprint density at radius 1 is 1.47 bits per heavy atom. The second-order valence-corrected chi connectivity index (χ2v) is 4.30. The fourth-order valence-corrected chi connectivity index (χ4v) is 1.56. The van der Waals surface area contributed by atoms with E-state index in [4.69, 9.17) is 10.5 Å². The first-order valence-electron chi connectivity index (χ1n) is 5.73. The van der Waals surface area contributed by atoms with Crippen LogP contribution in [0.25, 0.3) is 0 Å². The van der Waals surface area contributed by atoms with Gasteiger partial charge in [0.1, 0.15) is 5.75 Å². The van der Waals surface area contributed by atoms with E-state index >= 15 is 0 Å². The van der Waals surface area contributed by atoms with Gasteiger partial charge in [-0.05, 0) is 38.0 Å². The highest BCUT2D eigenvalue weighted by Crippen LogP contribution is 2.18. The summed E-state index contributed by atoms with van der Waals surface area (Å²) >= 11 is 0. The average molecular weight is 235 g/mol. The zero-order chi connectivity index (χ0) is 12.8. The summed E-state index contributed by atoms with van der Waals surface area (Å²) in [6.07, 6.45) is 0. The van der Waals surface area contributed by atoms with Crippen LogP contribution in [0.3, 0.4) is 0 Å². The van der Waals surface area contributed by atoms with Crippen LogP contribution in [0.1, 0.15) is 25.0 Å². The molecule has 17 heavy (non-hydrogen) atoms. The van der Waals surface area contributed by atoms with Crippen LogP contribution in [0, 0.1) is 6.92 Å². The van der Waals surface area contributed by atoms with Gasteiger partial charge in [-0.2, -0.15) is 0 Å². The van der Waals surface area contributed by atoms with E-state index in [0.29, 0.717) is 18.5 Å². The van der Waals surface area contributed by atoms with Crippen molar-refractivity contribution in [3.05, 3.63) is 29.3 Å². The Hall–Kier alpha value is -1.71. The van der Waals surface area contributed by atoms with Crippen molar-refractivity contribution in [2.24, 2.45) is 10.7 Å². The molecule has 0 amide bonds. The maximum absolute atomic E-state index is 5.73. The van der Waals surface area contributed by atoms with E-state index in [1.54, 1.807) is 7.11 Å². The third kappa shape index (κ3) is 4.34. The van der Waals surface area contributed by atoms with Gasteiger partial charge in [0, 0.05) is 6.04 Å². The SMILES string of the molecule is COc1ccc(CN=C(N)NC(C)C)cc1C. The Morgan fingerprint density at radius 3 is 2.71 bits per heavy atom. The molecular weight excluding hydrogens is 214 g/mol. The first kappa shape index (κ1) is 13.4. The van der Waals surface area contributed by atoms with Crippen LogP contribution in [0.4, 0.5) is 0 Å².